The van der Waals surface area contributed by atoms with Crippen molar-refractivity contribution in [1.29, 1.82) is 0 Å². The number of carbonyl (C=O) groups excluding carboxylic acids is 1. The largest absolute Gasteiger partial charge is 0.392 e. The smallest absolute Gasteiger partial charge is 0.267 e. The van der Waals surface area contributed by atoms with Crippen LogP contribution >= 0.6 is 23.9 Å². The number of aliphatic hydroxyl groups is 1. The predicted octanol–water partition coefficient (Wildman–Crippen LogP) is 0.845. The summed E-state index contributed by atoms with van der Waals surface area (Å²) in [7, 11) is 0. The molecule has 2 fully saturated rings. The fraction of sp³-hybridized carbons (Fsp3) is 0.769. The van der Waals surface area contributed by atoms with Crippen LogP contribution in [0.4, 0.5) is 0 Å². The molecule has 1 spiro atoms. The molecule has 3 rings (SSSR count). The number of hydrogen-bond donors (Lipinski definition) is 2. The minimum absolute atomic E-state index is 0. The highest BCUT2D eigenvalue weighted by atomic mass is 35.5. The summed E-state index contributed by atoms with van der Waals surface area (Å²) in [6.07, 6.45) is 2.36. The number of rotatable bonds is 1. The number of likely N-dealkylation sites (tertiary alicyclic amines) is 1. The van der Waals surface area contributed by atoms with Crippen molar-refractivity contribution in [3.63, 3.8) is 0 Å². The molecule has 0 aromatic carbocycles. The number of nitrogens with zero attached hydrogens (tertiary/aromatic N) is 3. The van der Waals surface area contributed by atoms with E-state index in [4.69, 9.17) is 0 Å². The third-order valence-electron chi connectivity index (χ3n) is 4.52. The van der Waals surface area contributed by atoms with Crippen molar-refractivity contribution in [2.45, 2.75) is 32.3 Å². The predicted molar refractivity (Wildman–Crippen MR) is 83.0 cm³/mol. The van der Waals surface area contributed by atoms with Gasteiger partial charge in [-0.1, -0.05) is 4.49 Å². The summed E-state index contributed by atoms with van der Waals surface area (Å²) in [5.74, 6) is 0.00866. The van der Waals surface area contributed by atoms with Crippen LogP contribution in [-0.2, 0) is 0 Å². The average molecular weight is 333 g/mol. The molecule has 21 heavy (non-hydrogen) atoms. The Balaban J connectivity index is 0.00000161. The molecule has 8 heteroatoms. The van der Waals surface area contributed by atoms with Gasteiger partial charge in [0.1, 0.15) is 4.88 Å². The van der Waals surface area contributed by atoms with E-state index in [0.29, 0.717) is 17.1 Å². The van der Waals surface area contributed by atoms with Gasteiger partial charge in [0.05, 0.1) is 11.8 Å². The summed E-state index contributed by atoms with van der Waals surface area (Å²) in [4.78, 5) is 15.1. The zero-order chi connectivity index (χ0) is 14.2. The summed E-state index contributed by atoms with van der Waals surface area (Å²) >= 11 is 1.16. The van der Waals surface area contributed by atoms with Gasteiger partial charge in [0.2, 0.25) is 0 Å². The number of aliphatic hydroxyl groups excluding tert-OH is 1. The van der Waals surface area contributed by atoms with Gasteiger partial charge in [-0.15, -0.1) is 17.5 Å². The molecule has 2 atom stereocenters. The van der Waals surface area contributed by atoms with Gasteiger partial charge in [-0.3, -0.25) is 4.79 Å². The fourth-order valence-corrected chi connectivity index (χ4v) is 3.95. The number of aromatic nitrogens is 2. The van der Waals surface area contributed by atoms with E-state index in [2.05, 4.69) is 14.9 Å². The number of nitrogens with one attached hydrogen (secondary N) is 1. The highest BCUT2D eigenvalue weighted by Gasteiger charge is 2.44. The number of halogens is 1. The van der Waals surface area contributed by atoms with E-state index < -0.39 is 0 Å². The van der Waals surface area contributed by atoms with E-state index in [0.717, 1.165) is 50.4 Å². The second-order valence-corrected chi connectivity index (χ2v) is 6.62. The maximum atomic E-state index is 12.6. The number of aryl methyl sites for hydroxylation is 1. The lowest BCUT2D eigenvalue weighted by atomic mass is 9.72. The van der Waals surface area contributed by atoms with Gasteiger partial charge in [0, 0.05) is 25.0 Å². The molecule has 2 aliphatic rings. The molecular formula is C13H21ClN4O2S. The van der Waals surface area contributed by atoms with Crippen LogP contribution in [0.15, 0.2) is 0 Å². The van der Waals surface area contributed by atoms with E-state index in [1.807, 2.05) is 11.8 Å². The number of amides is 1. The minimum Gasteiger partial charge on any atom is -0.392 e. The van der Waals surface area contributed by atoms with E-state index in [1.54, 1.807) is 0 Å². The van der Waals surface area contributed by atoms with Crippen LogP contribution in [-0.4, -0.2) is 57.8 Å². The Labute approximate surface area is 134 Å². The summed E-state index contributed by atoms with van der Waals surface area (Å²) in [5, 5.41) is 17.6. The van der Waals surface area contributed by atoms with Gasteiger partial charge >= 0.3 is 0 Å². The summed E-state index contributed by atoms with van der Waals surface area (Å²) in [6.45, 7) is 4.84. The maximum absolute atomic E-state index is 12.6. The third kappa shape index (κ3) is 3.06. The summed E-state index contributed by atoms with van der Waals surface area (Å²) in [5.41, 5.74) is 0.514. The molecular weight excluding hydrogens is 312 g/mol. The zero-order valence-corrected chi connectivity index (χ0v) is 13.7. The Morgan fingerprint density at radius 2 is 2.38 bits per heavy atom. The molecule has 0 unspecified atom stereocenters. The number of carbonyl (C=O) groups is 1. The Bertz CT molecular complexity index is 508. The third-order valence-corrected chi connectivity index (χ3v) is 5.34. The van der Waals surface area contributed by atoms with E-state index in [9.17, 15) is 9.90 Å². The first-order chi connectivity index (χ1) is 9.62. The Morgan fingerprint density at radius 3 is 3.05 bits per heavy atom. The normalized spacial score (nSPS) is 29.2. The van der Waals surface area contributed by atoms with Crippen molar-refractivity contribution in [1.82, 2.24) is 19.8 Å². The lowest BCUT2D eigenvalue weighted by molar-refractivity contribution is -0.0432. The molecule has 1 amide bonds. The zero-order valence-electron chi connectivity index (χ0n) is 12.0. The molecule has 0 radical (unpaired) electrons. The van der Waals surface area contributed by atoms with Crippen LogP contribution in [0.5, 0.6) is 0 Å². The molecule has 0 bridgehead atoms. The lowest BCUT2D eigenvalue weighted by Gasteiger charge is -2.48. The van der Waals surface area contributed by atoms with Gasteiger partial charge in [0.15, 0.2) is 0 Å². The molecule has 2 N–H and O–H groups in total. The average Bonchev–Trinajstić information content (AvgIpc) is 2.88. The lowest BCUT2D eigenvalue weighted by Crippen LogP contribution is -2.58. The van der Waals surface area contributed by atoms with Crippen molar-refractivity contribution in [2.24, 2.45) is 5.41 Å². The van der Waals surface area contributed by atoms with E-state index in [1.165, 1.54) is 0 Å². The summed E-state index contributed by atoms with van der Waals surface area (Å²) < 4.78 is 3.84. The van der Waals surface area contributed by atoms with Crippen LogP contribution in [0.3, 0.4) is 0 Å². The highest BCUT2D eigenvalue weighted by molar-refractivity contribution is 7.07. The van der Waals surface area contributed by atoms with Crippen molar-refractivity contribution in [3.05, 3.63) is 10.6 Å². The van der Waals surface area contributed by atoms with Crippen LogP contribution in [0.1, 0.15) is 34.6 Å². The monoisotopic (exact) mass is 332 g/mol. The Hall–Kier alpha value is -0.760. The summed E-state index contributed by atoms with van der Waals surface area (Å²) in [6, 6.07) is 0. The number of hydrogen-bond acceptors (Lipinski definition) is 6. The van der Waals surface area contributed by atoms with Gasteiger partial charge in [-0.25, -0.2) is 0 Å². The van der Waals surface area contributed by atoms with Gasteiger partial charge in [0.25, 0.3) is 5.91 Å². The maximum Gasteiger partial charge on any atom is 0.267 e. The topological polar surface area (TPSA) is 78.4 Å². The Kier molecular flexibility index (Phi) is 5.19. The molecule has 6 nitrogen and oxygen atoms in total. The standard InChI is InChI=1S/C13H20N4O2S.ClH/c1-9-11(20-16-15-9)12(19)17-6-2-4-13(8-17)7-14-5-3-10(13)18;/h10,14,18H,2-8H2,1H3;1H/t10-,13-;/m0./s1. The molecule has 2 aliphatic heterocycles. The molecule has 3 heterocycles. The minimum atomic E-state index is -0.319. The first-order valence-electron chi connectivity index (χ1n) is 7.09. The molecule has 0 aliphatic carbocycles. The SMILES string of the molecule is Cc1nnsc1C(=O)N1CCC[C@]2(CNCC[C@@H]2O)C1.Cl. The van der Waals surface area contributed by atoms with Crippen molar-refractivity contribution >= 4 is 29.8 Å². The van der Waals surface area contributed by atoms with E-state index >= 15 is 0 Å². The molecule has 0 saturated carbocycles. The molecule has 2 saturated heterocycles. The molecule has 118 valence electrons. The fourth-order valence-electron chi connectivity index (χ4n) is 3.32. The van der Waals surface area contributed by atoms with Crippen molar-refractivity contribution in [2.75, 3.05) is 26.2 Å². The van der Waals surface area contributed by atoms with Gasteiger partial charge < -0.3 is 15.3 Å². The van der Waals surface area contributed by atoms with Crippen LogP contribution in [0, 0.1) is 12.3 Å². The Morgan fingerprint density at radius 1 is 1.57 bits per heavy atom. The quantitative estimate of drug-likeness (QED) is 0.797. The van der Waals surface area contributed by atoms with Crippen LogP contribution in [0.2, 0.25) is 0 Å². The highest BCUT2D eigenvalue weighted by Crippen LogP contribution is 2.36. The second-order valence-electron chi connectivity index (χ2n) is 5.86. The number of piperidine rings is 2. The van der Waals surface area contributed by atoms with Crippen molar-refractivity contribution in [3.8, 4) is 0 Å². The van der Waals surface area contributed by atoms with Crippen LogP contribution < -0.4 is 5.32 Å². The molecule has 1 aromatic rings. The first kappa shape index (κ1) is 16.6. The van der Waals surface area contributed by atoms with Crippen LogP contribution in [0.25, 0.3) is 0 Å². The van der Waals surface area contributed by atoms with E-state index in [-0.39, 0.29) is 29.8 Å². The van der Waals surface area contributed by atoms with Crippen molar-refractivity contribution < 1.29 is 9.90 Å². The molecule has 1 aromatic heterocycles. The van der Waals surface area contributed by atoms with Gasteiger partial charge in [-0.05, 0) is 44.3 Å². The van der Waals surface area contributed by atoms with Gasteiger partial charge in [-0.2, -0.15) is 0 Å². The first-order valence-corrected chi connectivity index (χ1v) is 7.87. The second kappa shape index (κ2) is 6.56.